The number of nitrogens with two attached hydrogens (primary N) is 1. The first-order valence-corrected chi connectivity index (χ1v) is 5.35. The smallest absolute Gasteiger partial charge is 0.313 e. The summed E-state index contributed by atoms with van der Waals surface area (Å²) >= 11 is 0. The highest BCUT2D eigenvalue weighted by molar-refractivity contribution is 5.73. The Bertz CT molecular complexity index is 353. The van der Waals surface area contributed by atoms with Crippen molar-refractivity contribution in [3.05, 3.63) is 35.9 Å². The molecule has 1 aliphatic heterocycles. The highest BCUT2D eigenvalue weighted by Gasteiger charge is 2.32. The van der Waals surface area contributed by atoms with Crippen LogP contribution in [-0.4, -0.2) is 18.8 Å². The molecule has 0 bridgehead atoms. The van der Waals surface area contributed by atoms with Crippen LogP contribution in [0, 0.1) is 5.92 Å². The molecule has 2 rings (SSSR count). The fourth-order valence-corrected chi connectivity index (χ4v) is 1.70. The van der Waals surface area contributed by atoms with Gasteiger partial charge in [0.05, 0.1) is 5.92 Å². The molecule has 1 aromatic carbocycles. The lowest BCUT2D eigenvalue weighted by Gasteiger charge is -2.13. The molecule has 16 heavy (non-hydrogen) atoms. The van der Waals surface area contributed by atoms with Gasteiger partial charge >= 0.3 is 5.97 Å². The van der Waals surface area contributed by atoms with Crippen LogP contribution in [0.2, 0.25) is 0 Å². The topological polar surface area (TPSA) is 61.5 Å². The van der Waals surface area contributed by atoms with Crippen LogP contribution in [0.3, 0.4) is 0 Å². The number of hydrogen-bond acceptors (Lipinski definition) is 4. The number of carbonyl (C=O) groups is 1. The Balaban J connectivity index is 1.84. The molecular formula is C12H15NO3. The average Bonchev–Trinajstić information content (AvgIpc) is 2.74. The summed E-state index contributed by atoms with van der Waals surface area (Å²) in [5.74, 6) is -0.586. The summed E-state index contributed by atoms with van der Waals surface area (Å²) in [6, 6.07) is 9.57. The molecule has 1 aromatic rings. The van der Waals surface area contributed by atoms with Crippen molar-refractivity contribution in [2.45, 2.75) is 19.3 Å². The van der Waals surface area contributed by atoms with Gasteiger partial charge in [0.2, 0.25) is 0 Å². The molecule has 1 fully saturated rings. The Hall–Kier alpha value is -1.39. The first-order chi connectivity index (χ1) is 7.77. The van der Waals surface area contributed by atoms with Crippen LogP contribution < -0.4 is 5.73 Å². The molecule has 0 aromatic heterocycles. The minimum absolute atomic E-state index is 0.270. The van der Waals surface area contributed by atoms with Crippen LogP contribution in [0.15, 0.2) is 30.3 Å². The number of esters is 1. The Morgan fingerprint density at radius 1 is 1.44 bits per heavy atom. The molecule has 4 nitrogen and oxygen atoms in total. The molecule has 2 atom stereocenters. The molecule has 0 spiro atoms. The second-order valence-electron chi connectivity index (χ2n) is 3.82. The van der Waals surface area contributed by atoms with E-state index in [4.69, 9.17) is 15.2 Å². The largest absolute Gasteiger partial charge is 0.460 e. The van der Waals surface area contributed by atoms with Gasteiger partial charge in [-0.2, -0.15) is 0 Å². The van der Waals surface area contributed by atoms with Gasteiger partial charge in [-0.1, -0.05) is 30.3 Å². The predicted octanol–water partition coefficient (Wildman–Crippen LogP) is 1.05. The lowest BCUT2D eigenvalue weighted by molar-refractivity contribution is -0.151. The Kier molecular flexibility index (Phi) is 3.54. The normalized spacial score (nSPS) is 24.3. The van der Waals surface area contributed by atoms with Gasteiger partial charge in [-0.15, -0.1) is 0 Å². The van der Waals surface area contributed by atoms with E-state index in [1.54, 1.807) is 0 Å². The van der Waals surface area contributed by atoms with Crippen LogP contribution >= 0.6 is 0 Å². The lowest BCUT2D eigenvalue weighted by atomic mass is 10.1. The van der Waals surface area contributed by atoms with E-state index in [1.807, 2.05) is 30.3 Å². The monoisotopic (exact) mass is 221 g/mol. The Morgan fingerprint density at radius 2 is 2.19 bits per heavy atom. The summed E-state index contributed by atoms with van der Waals surface area (Å²) in [5.41, 5.74) is 6.60. The van der Waals surface area contributed by atoms with Gasteiger partial charge in [0.1, 0.15) is 12.8 Å². The SMILES string of the molecule is NC1OCCC1C(=O)OCc1ccccc1. The standard InChI is InChI=1S/C12H15NO3/c13-11-10(6-7-15-11)12(14)16-8-9-4-2-1-3-5-9/h1-5,10-11H,6-8,13H2. The molecule has 0 amide bonds. The third kappa shape index (κ3) is 2.59. The van der Waals surface area contributed by atoms with Gasteiger partial charge in [0, 0.05) is 6.61 Å². The number of carbonyl (C=O) groups excluding carboxylic acids is 1. The second kappa shape index (κ2) is 5.09. The van der Waals surface area contributed by atoms with Gasteiger partial charge in [-0.05, 0) is 12.0 Å². The van der Waals surface area contributed by atoms with Crippen LogP contribution in [0.4, 0.5) is 0 Å². The van der Waals surface area contributed by atoms with E-state index >= 15 is 0 Å². The number of rotatable bonds is 3. The zero-order chi connectivity index (χ0) is 11.4. The molecule has 2 unspecified atom stereocenters. The minimum atomic E-state index is -0.511. The maximum atomic E-state index is 11.6. The van der Waals surface area contributed by atoms with Crippen LogP contribution in [0.25, 0.3) is 0 Å². The van der Waals surface area contributed by atoms with Gasteiger partial charge in [0.15, 0.2) is 0 Å². The maximum absolute atomic E-state index is 11.6. The first-order valence-electron chi connectivity index (χ1n) is 5.35. The van der Waals surface area contributed by atoms with Crippen molar-refractivity contribution in [3.63, 3.8) is 0 Å². The van der Waals surface area contributed by atoms with E-state index in [0.717, 1.165) is 5.56 Å². The van der Waals surface area contributed by atoms with Crippen molar-refractivity contribution in [1.29, 1.82) is 0 Å². The first kappa shape index (κ1) is 11.1. The summed E-state index contributed by atoms with van der Waals surface area (Å²) in [6.45, 7) is 0.829. The van der Waals surface area contributed by atoms with E-state index in [1.165, 1.54) is 0 Å². The zero-order valence-electron chi connectivity index (χ0n) is 8.96. The summed E-state index contributed by atoms with van der Waals surface area (Å²) in [6.07, 6.45) is 0.137. The molecule has 0 saturated carbocycles. The molecule has 0 aliphatic carbocycles. The average molecular weight is 221 g/mol. The predicted molar refractivity (Wildman–Crippen MR) is 58.3 cm³/mol. The van der Waals surface area contributed by atoms with Crippen LogP contribution in [0.1, 0.15) is 12.0 Å². The summed E-state index contributed by atoms with van der Waals surface area (Å²) in [7, 11) is 0. The highest BCUT2D eigenvalue weighted by atomic mass is 16.5. The third-order valence-electron chi connectivity index (χ3n) is 2.66. The van der Waals surface area contributed by atoms with Crippen molar-refractivity contribution in [2.75, 3.05) is 6.61 Å². The van der Waals surface area contributed by atoms with Crippen molar-refractivity contribution in [3.8, 4) is 0 Å². The van der Waals surface area contributed by atoms with Crippen molar-refractivity contribution in [2.24, 2.45) is 11.7 Å². The lowest BCUT2D eigenvalue weighted by Crippen LogP contribution is -2.32. The molecule has 4 heteroatoms. The fourth-order valence-electron chi connectivity index (χ4n) is 1.70. The van der Waals surface area contributed by atoms with E-state index in [0.29, 0.717) is 19.6 Å². The number of benzene rings is 1. The molecule has 1 heterocycles. The second-order valence-corrected chi connectivity index (χ2v) is 3.82. The summed E-state index contributed by atoms with van der Waals surface area (Å²) in [5, 5.41) is 0. The van der Waals surface area contributed by atoms with E-state index in [2.05, 4.69) is 0 Å². The van der Waals surface area contributed by atoms with Gasteiger partial charge in [-0.25, -0.2) is 0 Å². The number of hydrogen-bond donors (Lipinski definition) is 1. The zero-order valence-corrected chi connectivity index (χ0v) is 8.96. The summed E-state index contributed by atoms with van der Waals surface area (Å²) < 4.78 is 10.3. The molecule has 1 saturated heterocycles. The van der Waals surface area contributed by atoms with Gasteiger partial charge in [0.25, 0.3) is 0 Å². The van der Waals surface area contributed by atoms with Gasteiger partial charge in [-0.3, -0.25) is 4.79 Å². The van der Waals surface area contributed by atoms with Crippen LogP contribution in [0.5, 0.6) is 0 Å². The van der Waals surface area contributed by atoms with Crippen molar-refractivity contribution < 1.29 is 14.3 Å². The third-order valence-corrected chi connectivity index (χ3v) is 2.66. The molecule has 2 N–H and O–H groups in total. The Morgan fingerprint density at radius 3 is 2.81 bits per heavy atom. The van der Waals surface area contributed by atoms with Crippen LogP contribution in [-0.2, 0) is 20.9 Å². The minimum Gasteiger partial charge on any atom is -0.460 e. The molecule has 0 radical (unpaired) electrons. The summed E-state index contributed by atoms with van der Waals surface area (Å²) in [4.78, 5) is 11.6. The van der Waals surface area contributed by atoms with Gasteiger partial charge < -0.3 is 15.2 Å². The quantitative estimate of drug-likeness (QED) is 0.775. The fraction of sp³-hybridized carbons (Fsp3) is 0.417. The molecular weight excluding hydrogens is 206 g/mol. The molecule has 86 valence electrons. The highest BCUT2D eigenvalue weighted by Crippen LogP contribution is 2.19. The van der Waals surface area contributed by atoms with E-state index < -0.39 is 6.23 Å². The van der Waals surface area contributed by atoms with Crippen molar-refractivity contribution in [1.82, 2.24) is 0 Å². The van der Waals surface area contributed by atoms with Crippen molar-refractivity contribution >= 4 is 5.97 Å². The molecule has 1 aliphatic rings. The van der Waals surface area contributed by atoms with E-state index in [9.17, 15) is 4.79 Å². The van der Waals surface area contributed by atoms with E-state index in [-0.39, 0.29) is 11.9 Å². The maximum Gasteiger partial charge on any atom is 0.313 e. The Labute approximate surface area is 94.3 Å². The number of ether oxygens (including phenoxy) is 2.